The number of carboxylic acids is 1. The van der Waals surface area contributed by atoms with E-state index in [0.717, 1.165) is 31.3 Å². The van der Waals surface area contributed by atoms with Crippen molar-refractivity contribution >= 4 is 52.8 Å². The average molecular weight is 658 g/mol. The topological polar surface area (TPSA) is 50.4 Å². The van der Waals surface area contributed by atoms with Gasteiger partial charge >= 0.3 is 47.7 Å². The van der Waals surface area contributed by atoms with Crippen molar-refractivity contribution in [2.24, 2.45) is 0 Å². The highest BCUT2D eigenvalue weighted by atomic mass is 32.1. The molecule has 1 heterocycles. The Morgan fingerprint density at radius 1 is 0.659 bits per heavy atom. The van der Waals surface area contributed by atoms with E-state index >= 15 is 0 Å². The molecule has 0 saturated carbocycles. The molecule has 1 aromatic heterocycles. The van der Waals surface area contributed by atoms with Crippen LogP contribution in [0.2, 0.25) is 0 Å². The van der Waals surface area contributed by atoms with Gasteiger partial charge in [0, 0.05) is 15.7 Å². The molecule has 0 aliphatic carbocycles. The maximum atomic E-state index is 12.8. The third-order valence-corrected chi connectivity index (χ3v) is 5.87. The molecule has 2 aromatic carbocycles. The molecule has 3 aromatic rings. The van der Waals surface area contributed by atoms with Crippen LogP contribution in [0.4, 0.5) is 65.9 Å². The van der Waals surface area contributed by atoms with Crippen LogP contribution in [0.25, 0.3) is 21.9 Å². The predicted molar refractivity (Wildman–Crippen MR) is 115 cm³/mol. The van der Waals surface area contributed by atoms with Crippen molar-refractivity contribution in [2.45, 2.75) is 46.6 Å². The summed E-state index contributed by atoms with van der Waals surface area (Å²) in [5.41, 5.74) is 1.63. The molecular formula is C21H9F15O3S2. The summed E-state index contributed by atoms with van der Waals surface area (Å²) in [7, 11) is 0. The van der Waals surface area contributed by atoms with Crippen LogP contribution in [0.5, 0.6) is 0 Å². The van der Waals surface area contributed by atoms with Crippen LogP contribution in [-0.4, -0.2) is 52.8 Å². The van der Waals surface area contributed by atoms with Crippen LogP contribution in [0.1, 0.15) is 0 Å². The van der Waals surface area contributed by atoms with Gasteiger partial charge in [0.25, 0.3) is 0 Å². The number of hydrogen-bond acceptors (Lipinski definition) is 4. The lowest BCUT2D eigenvalue weighted by Crippen LogP contribution is -2.73. The minimum Gasteiger partial charge on any atom is -0.477 e. The summed E-state index contributed by atoms with van der Waals surface area (Å²) in [4.78, 5) is 10.6. The molecule has 0 saturated heterocycles. The van der Waals surface area contributed by atoms with Crippen LogP contribution >= 0.6 is 24.8 Å². The molecule has 0 radical (unpaired) electrons. The Hall–Kier alpha value is -2.90. The summed E-state index contributed by atoms with van der Waals surface area (Å²) in [6.45, 7) is 0. The van der Waals surface area contributed by atoms with Gasteiger partial charge in [-0.25, -0.2) is 4.79 Å². The van der Waals surface area contributed by atoms with Crippen molar-refractivity contribution in [2.75, 3.05) is 0 Å². The van der Waals surface area contributed by atoms with Crippen molar-refractivity contribution in [3.63, 3.8) is 0 Å². The fraction of sp³-hybridized carbons (Fsp3) is 0.333. The molecule has 0 aliphatic rings. The van der Waals surface area contributed by atoms with Crippen molar-refractivity contribution in [1.29, 1.82) is 0 Å². The molecule has 0 spiro atoms. The van der Waals surface area contributed by atoms with Gasteiger partial charge in [-0.3, -0.25) is 0 Å². The summed E-state index contributed by atoms with van der Waals surface area (Å²) in [6.07, 6.45) is -7.69. The van der Waals surface area contributed by atoms with Crippen molar-refractivity contribution in [1.82, 2.24) is 0 Å². The first kappa shape index (κ1) is 34.3. The number of carboxylic acid groups (broad SMARTS) is 1. The molecule has 20 heteroatoms. The van der Waals surface area contributed by atoms with Gasteiger partial charge in [-0.2, -0.15) is 65.9 Å². The van der Waals surface area contributed by atoms with Gasteiger partial charge in [-0.05, 0) is 30.3 Å². The Morgan fingerprint density at radius 3 is 1.59 bits per heavy atom. The Kier molecular flexibility index (Phi) is 8.72. The molecule has 1 N–H and O–H groups in total. The number of aliphatic carboxylic acids is 1. The minimum atomic E-state index is -8.47. The second-order valence-electron chi connectivity index (χ2n) is 7.86. The van der Waals surface area contributed by atoms with Crippen LogP contribution in [0.15, 0.2) is 51.8 Å². The van der Waals surface area contributed by atoms with E-state index in [0.29, 0.717) is 0 Å². The van der Waals surface area contributed by atoms with E-state index in [1.165, 1.54) is 0 Å². The number of carbonyl (C=O) groups is 1. The number of hydrogen-bond donors (Lipinski definition) is 2. The zero-order valence-corrected chi connectivity index (χ0v) is 20.5. The second kappa shape index (κ2) is 10.4. The van der Waals surface area contributed by atoms with Gasteiger partial charge < -0.3 is 9.52 Å². The van der Waals surface area contributed by atoms with E-state index in [4.69, 9.17) is 21.7 Å². The number of alkyl halides is 15. The molecule has 0 atom stereocenters. The lowest BCUT2D eigenvalue weighted by atomic mass is 9.91. The Balaban J connectivity index is 0.000000311. The van der Waals surface area contributed by atoms with E-state index in [1.807, 2.05) is 42.5 Å². The summed E-state index contributed by atoms with van der Waals surface area (Å²) >= 11 is 9.77. The molecule has 0 unspecified atom stereocenters. The minimum absolute atomic E-state index is 0.807. The van der Waals surface area contributed by atoms with E-state index in [-0.39, 0.29) is 0 Å². The first-order chi connectivity index (χ1) is 18.2. The number of fused-ring (bicyclic) bond motifs is 2. The molecule has 3 rings (SSSR count). The van der Waals surface area contributed by atoms with Gasteiger partial charge in [-0.15, -0.1) is 12.6 Å². The van der Waals surface area contributed by atoms with Gasteiger partial charge in [0.2, 0.25) is 0 Å². The largest absolute Gasteiger partial charge is 0.477 e. The fourth-order valence-corrected chi connectivity index (χ4v) is 3.42. The Labute approximate surface area is 226 Å². The SMILES string of the molecule is O=C(O)C(F)(F)C(F)(F)C(F)(F)C(F)(F)C(F)(F)C(F)(F)C(F)(F)F.S=c1c2ccccc2oc2ccc(S)cc12. The van der Waals surface area contributed by atoms with E-state index in [2.05, 4.69) is 12.6 Å². The smallest absolute Gasteiger partial charge is 0.460 e. The first-order valence-electron chi connectivity index (χ1n) is 9.91. The molecule has 0 fully saturated rings. The zero-order valence-electron chi connectivity index (χ0n) is 18.8. The van der Waals surface area contributed by atoms with Gasteiger partial charge in [0.15, 0.2) is 0 Å². The number of para-hydroxylation sites is 1. The van der Waals surface area contributed by atoms with Gasteiger partial charge in [0.1, 0.15) is 11.2 Å². The molecular weight excluding hydrogens is 649 g/mol. The standard InChI is InChI=1S/C13H8OS2.C8HF15O2/c15-8-5-6-12-10(7-8)13(16)9-3-1-2-4-11(9)14-12;9-2(10,1(24)25)3(11,12)4(13,14)5(15,16)6(17,18)7(19,20)8(21,22)23/h1-7,15H;(H,24,25). The number of halogens is 15. The highest BCUT2D eigenvalue weighted by Crippen LogP contribution is 2.62. The highest BCUT2D eigenvalue weighted by Gasteiger charge is 2.94. The van der Waals surface area contributed by atoms with Crippen molar-refractivity contribution < 1.29 is 80.2 Å². The Morgan fingerprint density at radius 2 is 1.10 bits per heavy atom. The Bertz CT molecular complexity index is 1510. The predicted octanol–water partition coefficient (Wildman–Crippen LogP) is 9.05. The first-order valence-corrected chi connectivity index (χ1v) is 10.8. The highest BCUT2D eigenvalue weighted by molar-refractivity contribution is 7.80. The number of thiol groups is 1. The lowest BCUT2D eigenvalue weighted by Gasteiger charge is -2.40. The zero-order chi connectivity index (χ0) is 32.2. The van der Waals surface area contributed by atoms with E-state index < -0.39 is 47.7 Å². The molecule has 228 valence electrons. The molecule has 0 amide bonds. The molecule has 0 aliphatic heterocycles. The van der Waals surface area contributed by atoms with Gasteiger partial charge in [-0.1, -0.05) is 24.4 Å². The average Bonchev–Trinajstić information content (AvgIpc) is 2.83. The lowest BCUT2D eigenvalue weighted by molar-refractivity contribution is -0.450. The third-order valence-electron chi connectivity index (χ3n) is 5.16. The van der Waals surface area contributed by atoms with E-state index in [1.54, 1.807) is 0 Å². The normalized spacial score (nSPS) is 14.1. The van der Waals surface area contributed by atoms with Crippen LogP contribution in [0.3, 0.4) is 0 Å². The monoisotopic (exact) mass is 658 g/mol. The van der Waals surface area contributed by atoms with Gasteiger partial charge in [0.05, 0.1) is 4.51 Å². The van der Waals surface area contributed by atoms with Crippen molar-refractivity contribution in [3.05, 3.63) is 47.0 Å². The quantitative estimate of drug-likeness (QED) is 0.120. The maximum Gasteiger partial charge on any atom is 0.460 e. The van der Waals surface area contributed by atoms with Crippen molar-refractivity contribution in [3.8, 4) is 0 Å². The van der Waals surface area contributed by atoms with Crippen LogP contribution in [0, 0.1) is 4.51 Å². The maximum absolute atomic E-state index is 12.8. The molecule has 41 heavy (non-hydrogen) atoms. The van der Waals surface area contributed by atoms with Crippen LogP contribution < -0.4 is 0 Å². The summed E-state index contributed by atoms with van der Waals surface area (Å²) in [5, 5.41) is 9.50. The summed E-state index contributed by atoms with van der Waals surface area (Å²) < 4.78 is 193. The number of benzene rings is 2. The molecule has 0 bridgehead atoms. The second-order valence-corrected chi connectivity index (χ2v) is 8.78. The fourth-order valence-electron chi connectivity index (χ4n) is 2.89. The van der Waals surface area contributed by atoms with Crippen LogP contribution in [-0.2, 0) is 4.79 Å². The number of rotatable bonds is 6. The summed E-state index contributed by atoms with van der Waals surface area (Å²) in [6, 6.07) is 13.6. The summed E-state index contributed by atoms with van der Waals surface area (Å²) in [5.74, 6) is -52.8. The third kappa shape index (κ3) is 5.27. The van der Waals surface area contributed by atoms with E-state index in [9.17, 15) is 70.7 Å². The molecule has 3 nitrogen and oxygen atoms in total.